The van der Waals surface area contributed by atoms with Crippen molar-refractivity contribution in [3.8, 4) is 5.75 Å². The van der Waals surface area contributed by atoms with Crippen molar-refractivity contribution in [2.24, 2.45) is 0 Å². The number of likely N-dealkylation sites (tertiary alicyclic amines) is 1. The second-order valence-corrected chi connectivity index (χ2v) is 7.08. The molecule has 1 aliphatic heterocycles. The number of piperidine rings is 1. The van der Waals surface area contributed by atoms with Gasteiger partial charge in [-0.25, -0.2) is 0 Å². The number of carboxylic acid groups (broad SMARTS) is 1. The lowest BCUT2D eigenvalue weighted by molar-refractivity contribution is -0.140. The molecule has 1 heterocycles. The Kier molecular flexibility index (Phi) is 7.45. The zero-order valence-corrected chi connectivity index (χ0v) is 16.0. The van der Waals surface area contributed by atoms with Gasteiger partial charge in [0.25, 0.3) is 5.91 Å². The van der Waals surface area contributed by atoms with Crippen LogP contribution in [0, 0.1) is 0 Å². The molecule has 6 nitrogen and oxygen atoms in total. The number of amides is 1. The van der Waals surface area contributed by atoms with Crippen molar-refractivity contribution in [3.63, 3.8) is 0 Å². The van der Waals surface area contributed by atoms with Crippen LogP contribution in [0.4, 0.5) is 0 Å². The highest BCUT2D eigenvalue weighted by atomic mass is 16.5. The van der Waals surface area contributed by atoms with E-state index >= 15 is 0 Å². The van der Waals surface area contributed by atoms with Crippen molar-refractivity contribution in [1.29, 1.82) is 0 Å². The van der Waals surface area contributed by atoms with Crippen LogP contribution < -0.4 is 4.74 Å². The van der Waals surface area contributed by atoms with Gasteiger partial charge in [-0.05, 0) is 43.0 Å². The monoisotopic (exact) mass is 362 g/mol. The second-order valence-electron chi connectivity index (χ2n) is 7.08. The van der Waals surface area contributed by atoms with Crippen LogP contribution in [0.2, 0.25) is 0 Å². The lowest BCUT2D eigenvalue weighted by Crippen LogP contribution is -2.49. The number of ether oxygens (including phenoxy) is 1. The third kappa shape index (κ3) is 5.73. The highest BCUT2D eigenvalue weighted by Gasteiger charge is 2.27. The van der Waals surface area contributed by atoms with Gasteiger partial charge in [0.1, 0.15) is 5.75 Å². The number of carboxylic acids is 1. The maximum atomic E-state index is 12.4. The van der Waals surface area contributed by atoms with Gasteiger partial charge in [0.2, 0.25) is 0 Å². The molecule has 1 aliphatic rings. The van der Waals surface area contributed by atoms with Crippen molar-refractivity contribution in [3.05, 3.63) is 29.8 Å². The van der Waals surface area contributed by atoms with E-state index in [0.717, 1.165) is 18.6 Å². The summed E-state index contributed by atoms with van der Waals surface area (Å²) >= 11 is 0. The normalized spacial score (nSPS) is 15.5. The van der Waals surface area contributed by atoms with E-state index in [0.29, 0.717) is 25.6 Å². The zero-order chi connectivity index (χ0) is 19.1. The minimum Gasteiger partial charge on any atom is -0.484 e. The smallest absolute Gasteiger partial charge is 0.317 e. The van der Waals surface area contributed by atoms with Crippen molar-refractivity contribution < 1.29 is 19.4 Å². The van der Waals surface area contributed by atoms with Gasteiger partial charge in [0.05, 0.1) is 6.54 Å². The number of aliphatic carboxylic acids is 1. The summed E-state index contributed by atoms with van der Waals surface area (Å²) in [6, 6.07) is 8.08. The standard InChI is InChI=1S/C20H30N2O4/c1-4-21(13-20(24)25)17-8-10-22(11-9-17)19(23)14-26-18-7-5-6-16(12-18)15(2)3/h5-7,12,15,17H,4,8-11,13-14H2,1-3H3,(H,24,25). The first-order valence-corrected chi connectivity index (χ1v) is 9.37. The summed E-state index contributed by atoms with van der Waals surface area (Å²) in [6.07, 6.45) is 1.60. The fraction of sp³-hybridized carbons (Fsp3) is 0.600. The quantitative estimate of drug-likeness (QED) is 0.770. The largest absolute Gasteiger partial charge is 0.484 e. The van der Waals surface area contributed by atoms with Crippen LogP contribution in [0.1, 0.15) is 45.1 Å². The molecular formula is C20H30N2O4. The summed E-state index contributed by atoms with van der Waals surface area (Å²) in [7, 11) is 0. The van der Waals surface area contributed by atoms with Crippen LogP contribution in [-0.2, 0) is 9.59 Å². The summed E-state index contributed by atoms with van der Waals surface area (Å²) < 4.78 is 5.68. The Morgan fingerprint density at radius 2 is 2.00 bits per heavy atom. The predicted molar refractivity (Wildman–Crippen MR) is 101 cm³/mol. The Hall–Kier alpha value is -2.08. The summed E-state index contributed by atoms with van der Waals surface area (Å²) in [5, 5.41) is 9.00. The molecule has 1 aromatic carbocycles. The van der Waals surface area contributed by atoms with E-state index in [-0.39, 0.29) is 25.1 Å². The van der Waals surface area contributed by atoms with Gasteiger partial charge in [-0.2, -0.15) is 0 Å². The molecule has 0 spiro atoms. The van der Waals surface area contributed by atoms with Crippen LogP contribution >= 0.6 is 0 Å². The second kappa shape index (κ2) is 9.57. The van der Waals surface area contributed by atoms with Crippen LogP contribution in [-0.4, -0.2) is 65.6 Å². The lowest BCUT2D eigenvalue weighted by Gasteiger charge is -2.37. The fourth-order valence-corrected chi connectivity index (χ4v) is 3.35. The van der Waals surface area contributed by atoms with Gasteiger partial charge in [0.15, 0.2) is 6.61 Å². The third-order valence-corrected chi connectivity index (χ3v) is 4.97. The fourth-order valence-electron chi connectivity index (χ4n) is 3.35. The number of carbonyl (C=O) groups is 2. The predicted octanol–water partition coefficient (Wildman–Crippen LogP) is 2.59. The average molecular weight is 362 g/mol. The maximum absolute atomic E-state index is 12.4. The summed E-state index contributed by atoms with van der Waals surface area (Å²) in [5.41, 5.74) is 1.19. The molecule has 0 radical (unpaired) electrons. The van der Waals surface area contributed by atoms with Crippen molar-refractivity contribution >= 4 is 11.9 Å². The van der Waals surface area contributed by atoms with E-state index in [2.05, 4.69) is 19.9 Å². The summed E-state index contributed by atoms with van der Waals surface area (Å²) in [5.74, 6) is 0.320. The number of benzene rings is 1. The van der Waals surface area contributed by atoms with Crippen molar-refractivity contribution in [2.45, 2.75) is 45.6 Å². The van der Waals surface area contributed by atoms with Crippen LogP contribution in [0.3, 0.4) is 0 Å². The molecule has 1 saturated heterocycles. The van der Waals surface area contributed by atoms with Gasteiger partial charge in [0, 0.05) is 19.1 Å². The molecule has 0 aliphatic carbocycles. The van der Waals surface area contributed by atoms with Gasteiger partial charge in [-0.15, -0.1) is 0 Å². The number of hydrogen-bond acceptors (Lipinski definition) is 4. The molecule has 0 aromatic heterocycles. The minimum absolute atomic E-state index is 0.0142. The first-order chi connectivity index (χ1) is 12.4. The van der Waals surface area contributed by atoms with Gasteiger partial charge in [-0.3, -0.25) is 14.5 Å². The van der Waals surface area contributed by atoms with Crippen molar-refractivity contribution in [2.75, 3.05) is 32.8 Å². The highest BCUT2D eigenvalue weighted by molar-refractivity contribution is 5.77. The van der Waals surface area contributed by atoms with Crippen LogP contribution in [0.5, 0.6) is 5.75 Å². The Labute approximate surface area is 155 Å². The van der Waals surface area contributed by atoms with E-state index < -0.39 is 5.97 Å². The van der Waals surface area contributed by atoms with Crippen LogP contribution in [0.25, 0.3) is 0 Å². The number of rotatable bonds is 8. The van der Waals surface area contributed by atoms with Gasteiger partial charge < -0.3 is 14.7 Å². The highest BCUT2D eigenvalue weighted by Crippen LogP contribution is 2.21. The maximum Gasteiger partial charge on any atom is 0.317 e. The number of nitrogens with zero attached hydrogens (tertiary/aromatic N) is 2. The topological polar surface area (TPSA) is 70.1 Å². The molecule has 144 valence electrons. The molecule has 0 unspecified atom stereocenters. The van der Waals surface area contributed by atoms with E-state index in [4.69, 9.17) is 9.84 Å². The van der Waals surface area contributed by atoms with E-state index in [1.165, 1.54) is 5.56 Å². The zero-order valence-electron chi connectivity index (χ0n) is 16.0. The first-order valence-electron chi connectivity index (χ1n) is 9.37. The molecule has 1 fully saturated rings. The molecule has 1 amide bonds. The Balaban J connectivity index is 1.81. The van der Waals surface area contributed by atoms with Crippen molar-refractivity contribution in [1.82, 2.24) is 9.80 Å². The molecule has 6 heteroatoms. The van der Waals surface area contributed by atoms with E-state index in [1.807, 2.05) is 34.9 Å². The number of hydrogen-bond donors (Lipinski definition) is 1. The average Bonchev–Trinajstić information content (AvgIpc) is 2.64. The molecule has 0 bridgehead atoms. The van der Waals surface area contributed by atoms with E-state index in [9.17, 15) is 9.59 Å². The molecule has 0 saturated carbocycles. The SMILES string of the molecule is CCN(CC(=O)O)C1CCN(C(=O)COc2cccc(C(C)C)c2)CC1. The molecule has 2 rings (SSSR count). The molecule has 26 heavy (non-hydrogen) atoms. The number of likely N-dealkylation sites (N-methyl/N-ethyl adjacent to an activating group) is 1. The third-order valence-electron chi connectivity index (χ3n) is 4.97. The Bertz CT molecular complexity index is 610. The van der Waals surface area contributed by atoms with E-state index in [1.54, 1.807) is 0 Å². The number of carbonyl (C=O) groups excluding carboxylic acids is 1. The summed E-state index contributed by atoms with van der Waals surface area (Å²) in [6.45, 7) is 8.32. The first kappa shape index (κ1) is 20.2. The Morgan fingerprint density at radius 3 is 2.58 bits per heavy atom. The van der Waals surface area contributed by atoms with Crippen LogP contribution in [0.15, 0.2) is 24.3 Å². The summed E-state index contributed by atoms with van der Waals surface area (Å²) in [4.78, 5) is 27.1. The van der Waals surface area contributed by atoms with Gasteiger partial charge >= 0.3 is 5.97 Å². The molecular weight excluding hydrogens is 332 g/mol. The molecule has 0 atom stereocenters. The Morgan fingerprint density at radius 1 is 1.31 bits per heavy atom. The van der Waals surface area contributed by atoms with Gasteiger partial charge in [-0.1, -0.05) is 32.9 Å². The lowest BCUT2D eigenvalue weighted by atomic mass is 10.0. The molecule has 1 aromatic rings. The minimum atomic E-state index is -0.803. The molecule has 1 N–H and O–H groups in total.